The topological polar surface area (TPSA) is 57.6 Å². The van der Waals surface area contributed by atoms with E-state index in [0.29, 0.717) is 11.3 Å². The lowest BCUT2D eigenvalue weighted by Crippen LogP contribution is -2.15. The van der Waals surface area contributed by atoms with Crippen molar-refractivity contribution < 1.29 is 4.79 Å². The summed E-state index contributed by atoms with van der Waals surface area (Å²) in [5, 5.41) is 8.21. The number of aromatic nitrogens is 1. The van der Waals surface area contributed by atoms with Gasteiger partial charge >= 0.3 is 0 Å². The zero-order chi connectivity index (χ0) is 15.9. The highest BCUT2D eigenvalue weighted by atomic mass is 16.1. The first kappa shape index (κ1) is 14.7. The molecule has 0 saturated carbocycles. The van der Waals surface area contributed by atoms with Gasteiger partial charge in [-0.1, -0.05) is 60.7 Å². The van der Waals surface area contributed by atoms with E-state index in [0.717, 1.165) is 11.3 Å². The smallest absolute Gasteiger partial charge is 0.213 e. The monoisotopic (exact) mass is 301 g/mol. The Labute approximate surface area is 134 Å². The van der Waals surface area contributed by atoms with Crippen LogP contribution in [0.5, 0.6) is 0 Å². The molecular weight excluding hydrogens is 286 g/mol. The summed E-state index contributed by atoms with van der Waals surface area (Å²) in [4.78, 5) is 15.7. The molecule has 0 aliphatic carbocycles. The molecule has 0 radical (unpaired) electrons. The number of carbonyl (C=O) groups is 1. The number of hydrogen-bond acceptors (Lipinski definition) is 3. The van der Waals surface area contributed by atoms with Crippen molar-refractivity contribution in [1.29, 1.82) is 0 Å². The molecule has 0 fully saturated rings. The number of aromatic amines is 1. The van der Waals surface area contributed by atoms with Crippen LogP contribution in [-0.2, 0) is 0 Å². The molecule has 0 saturated heterocycles. The van der Waals surface area contributed by atoms with Gasteiger partial charge in [-0.15, -0.1) is 5.10 Å². The molecule has 3 rings (SSSR count). The van der Waals surface area contributed by atoms with Crippen molar-refractivity contribution in [3.05, 3.63) is 95.8 Å². The van der Waals surface area contributed by atoms with E-state index >= 15 is 0 Å². The van der Waals surface area contributed by atoms with E-state index in [2.05, 4.69) is 15.2 Å². The van der Waals surface area contributed by atoms with Crippen LogP contribution in [0, 0.1) is 0 Å². The van der Waals surface area contributed by atoms with Gasteiger partial charge in [0.1, 0.15) is 5.71 Å². The SMILES string of the molecule is O=C(/C(=N/N=C\c1ccc[nH]1)c1ccccc1)c1ccccc1. The highest BCUT2D eigenvalue weighted by Crippen LogP contribution is 2.09. The van der Waals surface area contributed by atoms with Gasteiger partial charge < -0.3 is 4.98 Å². The average Bonchev–Trinajstić information content (AvgIpc) is 3.13. The van der Waals surface area contributed by atoms with Gasteiger partial charge in [0.05, 0.1) is 11.9 Å². The molecule has 4 heteroatoms. The fourth-order valence-electron chi connectivity index (χ4n) is 2.13. The zero-order valence-corrected chi connectivity index (χ0v) is 12.4. The third kappa shape index (κ3) is 3.68. The first-order valence-electron chi connectivity index (χ1n) is 7.24. The zero-order valence-electron chi connectivity index (χ0n) is 12.4. The van der Waals surface area contributed by atoms with Crippen molar-refractivity contribution in [3.63, 3.8) is 0 Å². The van der Waals surface area contributed by atoms with Crippen molar-refractivity contribution in [2.24, 2.45) is 10.2 Å². The van der Waals surface area contributed by atoms with Crippen LogP contribution in [0.3, 0.4) is 0 Å². The van der Waals surface area contributed by atoms with Crippen molar-refractivity contribution >= 4 is 17.7 Å². The molecule has 23 heavy (non-hydrogen) atoms. The number of Topliss-reactive ketones (excluding diaryl/α,β-unsaturated/α-hetero) is 1. The molecule has 1 aromatic heterocycles. The standard InChI is InChI=1S/C19H15N3O/c23-19(16-10-5-2-6-11-16)18(15-8-3-1-4-9-15)22-21-14-17-12-7-13-20-17/h1-14,20H/b21-14-,22-18+. The fourth-order valence-corrected chi connectivity index (χ4v) is 2.13. The molecule has 0 atom stereocenters. The summed E-state index contributed by atoms with van der Waals surface area (Å²) in [5.74, 6) is -0.152. The maximum absolute atomic E-state index is 12.7. The fraction of sp³-hybridized carbons (Fsp3) is 0. The summed E-state index contributed by atoms with van der Waals surface area (Å²) in [7, 11) is 0. The minimum Gasteiger partial charge on any atom is -0.360 e. The third-order valence-electron chi connectivity index (χ3n) is 3.27. The summed E-state index contributed by atoms with van der Waals surface area (Å²) in [6, 6.07) is 22.2. The molecular formula is C19H15N3O. The van der Waals surface area contributed by atoms with E-state index in [1.165, 1.54) is 0 Å². The second-order valence-corrected chi connectivity index (χ2v) is 4.88. The van der Waals surface area contributed by atoms with Crippen molar-refractivity contribution in [2.45, 2.75) is 0 Å². The largest absolute Gasteiger partial charge is 0.360 e. The third-order valence-corrected chi connectivity index (χ3v) is 3.27. The first-order chi connectivity index (χ1) is 11.3. The van der Waals surface area contributed by atoms with Gasteiger partial charge in [-0.3, -0.25) is 4.79 Å². The van der Waals surface area contributed by atoms with Gasteiger partial charge in [0.15, 0.2) is 0 Å². The summed E-state index contributed by atoms with van der Waals surface area (Å²) < 4.78 is 0. The van der Waals surface area contributed by atoms with E-state index in [9.17, 15) is 4.79 Å². The number of rotatable bonds is 5. The summed E-state index contributed by atoms with van der Waals surface area (Å²) >= 11 is 0. The second kappa shape index (κ2) is 7.13. The first-order valence-corrected chi connectivity index (χ1v) is 7.24. The number of nitrogens with one attached hydrogen (secondary N) is 1. The Bertz CT molecular complexity index is 820. The maximum Gasteiger partial charge on any atom is 0.213 e. The number of nitrogens with zero attached hydrogens (tertiary/aromatic N) is 2. The minimum absolute atomic E-state index is 0.152. The number of benzene rings is 2. The Hall–Kier alpha value is -3.27. The maximum atomic E-state index is 12.7. The van der Waals surface area contributed by atoms with Crippen LogP contribution in [0.25, 0.3) is 0 Å². The van der Waals surface area contributed by atoms with E-state index in [-0.39, 0.29) is 5.78 Å². The van der Waals surface area contributed by atoms with Crippen LogP contribution in [0.4, 0.5) is 0 Å². The Morgan fingerprint density at radius 2 is 1.48 bits per heavy atom. The molecule has 112 valence electrons. The van der Waals surface area contributed by atoms with E-state index in [1.807, 2.05) is 60.7 Å². The molecule has 4 nitrogen and oxygen atoms in total. The molecule has 3 aromatic rings. The Morgan fingerprint density at radius 3 is 2.09 bits per heavy atom. The summed E-state index contributed by atoms with van der Waals surface area (Å²) in [6.07, 6.45) is 3.39. The lowest BCUT2D eigenvalue weighted by Gasteiger charge is -2.04. The molecule has 2 aromatic carbocycles. The predicted octanol–water partition coefficient (Wildman–Crippen LogP) is 3.72. The lowest BCUT2D eigenvalue weighted by atomic mass is 10.0. The van der Waals surface area contributed by atoms with E-state index < -0.39 is 0 Å². The number of hydrogen-bond donors (Lipinski definition) is 1. The van der Waals surface area contributed by atoms with Gasteiger partial charge in [0.2, 0.25) is 5.78 Å². The number of ketones is 1. The van der Waals surface area contributed by atoms with Crippen LogP contribution in [0.2, 0.25) is 0 Å². The van der Waals surface area contributed by atoms with Gasteiger partial charge in [-0.25, -0.2) is 0 Å². The molecule has 0 unspecified atom stereocenters. The quantitative estimate of drug-likeness (QED) is 0.436. The van der Waals surface area contributed by atoms with Gasteiger partial charge in [0, 0.05) is 17.3 Å². The van der Waals surface area contributed by atoms with Gasteiger partial charge in [-0.05, 0) is 12.1 Å². The van der Waals surface area contributed by atoms with E-state index in [4.69, 9.17) is 0 Å². The molecule has 0 aliphatic heterocycles. The molecule has 0 spiro atoms. The Balaban J connectivity index is 1.96. The molecule has 0 amide bonds. The van der Waals surface area contributed by atoms with Crippen molar-refractivity contribution in [3.8, 4) is 0 Å². The van der Waals surface area contributed by atoms with Crippen molar-refractivity contribution in [1.82, 2.24) is 4.98 Å². The molecule has 1 N–H and O–H groups in total. The lowest BCUT2D eigenvalue weighted by molar-refractivity contribution is 0.106. The van der Waals surface area contributed by atoms with Crippen LogP contribution in [0.15, 0.2) is 89.2 Å². The van der Waals surface area contributed by atoms with Crippen LogP contribution in [0.1, 0.15) is 21.6 Å². The molecule has 0 aliphatic rings. The van der Waals surface area contributed by atoms with Crippen LogP contribution < -0.4 is 0 Å². The Morgan fingerprint density at radius 1 is 0.826 bits per heavy atom. The van der Waals surface area contributed by atoms with Gasteiger partial charge in [0.25, 0.3) is 0 Å². The van der Waals surface area contributed by atoms with Crippen molar-refractivity contribution in [2.75, 3.05) is 0 Å². The average molecular weight is 301 g/mol. The van der Waals surface area contributed by atoms with E-state index in [1.54, 1.807) is 24.5 Å². The summed E-state index contributed by atoms with van der Waals surface area (Å²) in [5.41, 5.74) is 2.48. The van der Waals surface area contributed by atoms with Crippen LogP contribution in [-0.4, -0.2) is 22.7 Å². The molecule has 0 bridgehead atoms. The predicted molar refractivity (Wildman–Crippen MR) is 92.1 cm³/mol. The Kier molecular flexibility index (Phi) is 4.55. The number of carbonyl (C=O) groups excluding carboxylic acids is 1. The minimum atomic E-state index is -0.152. The van der Waals surface area contributed by atoms with Gasteiger partial charge in [-0.2, -0.15) is 5.10 Å². The van der Waals surface area contributed by atoms with Crippen LogP contribution >= 0.6 is 0 Å². The summed E-state index contributed by atoms with van der Waals surface area (Å²) in [6.45, 7) is 0. The molecule has 1 heterocycles. The second-order valence-electron chi connectivity index (χ2n) is 4.88. The highest BCUT2D eigenvalue weighted by Gasteiger charge is 2.15. The normalized spacial score (nSPS) is 11.7. The highest BCUT2D eigenvalue weighted by molar-refractivity contribution is 6.51. The number of H-pyrrole nitrogens is 1.